The van der Waals surface area contributed by atoms with E-state index in [9.17, 15) is 22.8 Å². The Hall–Kier alpha value is -2.77. The molecule has 1 amide bonds. The fourth-order valence-corrected chi connectivity index (χ4v) is 5.88. The lowest BCUT2D eigenvalue weighted by Crippen LogP contribution is -2.51. The summed E-state index contributed by atoms with van der Waals surface area (Å²) >= 11 is 0. The van der Waals surface area contributed by atoms with Gasteiger partial charge in [0.15, 0.2) is 0 Å². The van der Waals surface area contributed by atoms with Gasteiger partial charge in [-0.25, -0.2) is 0 Å². The van der Waals surface area contributed by atoms with Gasteiger partial charge < -0.3 is 14.2 Å². The fraction of sp³-hybridized carbons (Fsp3) is 0.520. The normalized spacial score (nSPS) is 23.2. The number of hydrogen-bond donors (Lipinski definition) is 0. The molecule has 176 valence electrons. The van der Waals surface area contributed by atoms with Crippen molar-refractivity contribution in [3.05, 3.63) is 52.4 Å². The van der Waals surface area contributed by atoms with Crippen molar-refractivity contribution in [1.29, 1.82) is 0 Å². The van der Waals surface area contributed by atoms with E-state index in [2.05, 4.69) is 4.74 Å². The lowest BCUT2D eigenvalue weighted by Gasteiger charge is -2.44. The summed E-state index contributed by atoms with van der Waals surface area (Å²) in [7, 11) is 0. The molecule has 2 unspecified atom stereocenters. The Morgan fingerprint density at radius 1 is 0.939 bits per heavy atom. The second-order valence-electron chi connectivity index (χ2n) is 9.53. The molecule has 1 saturated heterocycles. The maximum atomic E-state index is 13.2. The summed E-state index contributed by atoms with van der Waals surface area (Å²) in [5.41, 5.74) is 2.35. The van der Waals surface area contributed by atoms with Gasteiger partial charge in [-0.05, 0) is 48.9 Å². The van der Waals surface area contributed by atoms with Crippen molar-refractivity contribution in [2.45, 2.75) is 57.3 Å². The Labute approximate surface area is 190 Å². The van der Waals surface area contributed by atoms with Crippen molar-refractivity contribution in [2.24, 2.45) is 11.8 Å². The second-order valence-corrected chi connectivity index (χ2v) is 9.53. The minimum atomic E-state index is -4.74. The molecular weight excluding hydrogens is 433 g/mol. The number of nitrogens with zero attached hydrogens (tertiary/aromatic N) is 2. The molecule has 2 aromatic rings. The average molecular weight is 460 g/mol. The molecule has 5 nitrogen and oxygen atoms in total. The average Bonchev–Trinajstić information content (AvgIpc) is 2.79. The Kier molecular flexibility index (Phi) is 5.70. The zero-order chi connectivity index (χ0) is 23.2. The summed E-state index contributed by atoms with van der Waals surface area (Å²) in [5, 5.41) is 0. The van der Waals surface area contributed by atoms with Crippen LogP contribution < -0.4 is 10.3 Å². The predicted octanol–water partition coefficient (Wildman–Crippen LogP) is 4.94. The molecule has 0 radical (unpaired) electrons. The maximum absolute atomic E-state index is 13.2. The zero-order valence-corrected chi connectivity index (χ0v) is 18.3. The number of likely N-dealkylation sites (tertiary alicyclic amines) is 1. The van der Waals surface area contributed by atoms with E-state index in [0.717, 1.165) is 48.9 Å². The van der Waals surface area contributed by atoms with Gasteiger partial charge in [0.05, 0.1) is 0 Å². The van der Waals surface area contributed by atoms with Crippen LogP contribution in [0.5, 0.6) is 5.75 Å². The number of amides is 1. The molecule has 3 aliphatic rings. The van der Waals surface area contributed by atoms with Crippen LogP contribution in [0.2, 0.25) is 0 Å². The van der Waals surface area contributed by atoms with Gasteiger partial charge in [-0.2, -0.15) is 0 Å². The molecule has 5 rings (SSSR count). The molecule has 0 spiro atoms. The van der Waals surface area contributed by atoms with E-state index in [-0.39, 0.29) is 35.0 Å². The maximum Gasteiger partial charge on any atom is 0.573 e. The quantitative estimate of drug-likeness (QED) is 0.652. The molecule has 1 aromatic heterocycles. The lowest BCUT2D eigenvalue weighted by atomic mass is 9.79. The van der Waals surface area contributed by atoms with Gasteiger partial charge in [0.1, 0.15) is 5.75 Å². The molecule has 33 heavy (non-hydrogen) atoms. The van der Waals surface area contributed by atoms with Crippen molar-refractivity contribution in [3.8, 4) is 16.9 Å². The number of fused-ring (bicyclic) bond motifs is 4. The van der Waals surface area contributed by atoms with Crippen LogP contribution in [-0.4, -0.2) is 34.8 Å². The number of alkyl halides is 3. The Bertz CT molecular complexity index is 1090. The molecule has 1 aromatic carbocycles. The highest BCUT2D eigenvalue weighted by atomic mass is 19.4. The van der Waals surface area contributed by atoms with Crippen molar-refractivity contribution in [3.63, 3.8) is 0 Å². The minimum Gasteiger partial charge on any atom is -0.406 e. The SMILES string of the molecule is O=C(C1CCCCC1)N1CC2CC(C1)c1c(-c3ccc(OC(F)(F)F)cc3)ccc(=O)n1C2. The van der Waals surface area contributed by atoms with Gasteiger partial charge in [0, 0.05) is 48.8 Å². The number of aromatic nitrogens is 1. The highest BCUT2D eigenvalue weighted by Gasteiger charge is 2.39. The van der Waals surface area contributed by atoms with Crippen molar-refractivity contribution in [2.75, 3.05) is 13.1 Å². The number of carbonyl (C=O) groups excluding carboxylic acids is 1. The smallest absolute Gasteiger partial charge is 0.406 e. The van der Waals surface area contributed by atoms with Crippen LogP contribution in [0.3, 0.4) is 0 Å². The first-order valence-electron chi connectivity index (χ1n) is 11.7. The van der Waals surface area contributed by atoms with Crippen molar-refractivity contribution >= 4 is 5.91 Å². The van der Waals surface area contributed by atoms with Crippen LogP contribution in [0.4, 0.5) is 13.2 Å². The summed E-state index contributed by atoms with van der Waals surface area (Å²) < 4.78 is 43.3. The first kappa shape index (κ1) is 22.0. The van der Waals surface area contributed by atoms with Crippen LogP contribution >= 0.6 is 0 Å². The van der Waals surface area contributed by atoms with E-state index < -0.39 is 6.36 Å². The third-order valence-corrected chi connectivity index (χ3v) is 7.26. The first-order chi connectivity index (χ1) is 15.8. The summed E-state index contributed by atoms with van der Waals surface area (Å²) in [6.45, 7) is 1.82. The Morgan fingerprint density at radius 3 is 2.36 bits per heavy atom. The molecular formula is C25H27F3N2O3. The molecule has 1 saturated carbocycles. The monoisotopic (exact) mass is 460 g/mol. The highest BCUT2D eigenvalue weighted by Crippen LogP contribution is 2.41. The zero-order valence-electron chi connectivity index (χ0n) is 18.3. The standard InChI is InChI=1S/C25H27F3N2O3/c26-25(27,28)33-20-8-6-17(7-9-20)21-10-11-22(31)30-14-16-12-19(23(21)30)15-29(13-16)24(32)18-4-2-1-3-5-18/h6-11,16,18-19H,1-5,12-15H2. The molecule has 1 aliphatic carbocycles. The number of halogens is 3. The Balaban J connectivity index is 1.45. The van der Waals surface area contributed by atoms with Crippen molar-refractivity contribution in [1.82, 2.24) is 9.47 Å². The number of pyridine rings is 1. The van der Waals surface area contributed by atoms with Gasteiger partial charge >= 0.3 is 6.36 Å². The molecule has 8 heteroatoms. The van der Waals surface area contributed by atoms with Gasteiger partial charge in [-0.3, -0.25) is 9.59 Å². The molecule has 2 fully saturated rings. The molecule has 2 aliphatic heterocycles. The second kappa shape index (κ2) is 8.54. The summed E-state index contributed by atoms with van der Waals surface area (Å²) in [6.07, 6.45) is 1.48. The number of benzene rings is 1. The Morgan fingerprint density at radius 2 is 1.67 bits per heavy atom. The lowest BCUT2D eigenvalue weighted by molar-refractivity contribution is -0.274. The third-order valence-electron chi connectivity index (χ3n) is 7.26. The third kappa shape index (κ3) is 4.52. The number of ether oxygens (including phenoxy) is 1. The minimum absolute atomic E-state index is 0.0278. The van der Waals surface area contributed by atoms with E-state index in [1.165, 1.54) is 24.6 Å². The van der Waals surface area contributed by atoms with Crippen LogP contribution in [0, 0.1) is 11.8 Å². The summed E-state index contributed by atoms with van der Waals surface area (Å²) in [5.74, 6) is 0.331. The van der Waals surface area contributed by atoms with E-state index in [1.54, 1.807) is 22.8 Å². The number of carbonyl (C=O) groups is 1. The van der Waals surface area contributed by atoms with Gasteiger partial charge in [0.25, 0.3) is 5.56 Å². The fourth-order valence-electron chi connectivity index (χ4n) is 5.88. The number of piperidine rings is 1. The van der Waals surface area contributed by atoms with E-state index in [0.29, 0.717) is 19.6 Å². The highest BCUT2D eigenvalue weighted by molar-refractivity contribution is 5.79. The van der Waals surface area contributed by atoms with Crippen LogP contribution in [0.15, 0.2) is 41.2 Å². The number of hydrogen-bond acceptors (Lipinski definition) is 3. The van der Waals surface area contributed by atoms with Gasteiger partial charge in [-0.15, -0.1) is 13.2 Å². The van der Waals surface area contributed by atoms with Crippen LogP contribution in [0.1, 0.15) is 50.1 Å². The molecule has 0 N–H and O–H groups in total. The first-order valence-corrected chi connectivity index (χ1v) is 11.7. The van der Waals surface area contributed by atoms with E-state index >= 15 is 0 Å². The molecule has 2 bridgehead atoms. The van der Waals surface area contributed by atoms with Crippen LogP contribution in [0.25, 0.3) is 11.1 Å². The van der Waals surface area contributed by atoms with E-state index in [1.807, 2.05) is 4.90 Å². The topological polar surface area (TPSA) is 51.5 Å². The van der Waals surface area contributed by atoms with Crippen LogP contribution in [-0.2, 0) is 11.3 Å². The summed E-state index contributed by atoms with van der Waals surface area (Å²) in [6, 6.07) is 9.01. The predicted molar refractivity (Wildman–Crippen MR) is 117 cm³/mol. The van der Waals surface area contributed by atoms with E-state index in [4.69, 9.17) is 0 Å². The molecule has 2 atom stereocenters. The number of rotatable bonds is 3. The van der Waals surface area contributed by atoms with Gasteiger partial charge in [-0.1, -0.05) is 31.4 Å². The largest absolute Gasteiger partial charge is 0.573 e. The van der Waals surface area contributed by atoms with Crippen molar-refractivity contribution < 1.29 is 22.7 Å². The van der Waals surface area contributed by atoms with Gasteiger partial charge in [0.2, 0.25) is 5.91 Å². The summed E-state index contributed by atoms with van der Waals surface area (Å²) in [4.78, 5) is 27.9. The molecule has 3 heterocycles.